The van der Waals surface area contributed by atoms with Crippen LogP contribution in [-0.2, 0) is 14.6 Å². The molecule has 1 rings (SSSR count). The van der Waals surface area contributed by atoms with E-state index in [2.05, 4.69) is 5.32 Å². The Bertz CT molecular complexity index is 326. The molecular formula is C9H18N2O3S. The average Bonchev–Trinajstić information content (AvgIpc) is 2.12. The van der Waals surface area contributed by atoms with E-state index in [9.17, 15) is 13.2 Å². The quantitative estimate of drug-likeness (QED) is 0.671. The molecule has 0 radical (unpaired) electrons. The van der Waals surface area contributed by atoms with Crippen molar-refractivity contribution in [2.24, 2.45) is 11.7 Å². The van der Waals surface area contributed by atoms with Gasteiger partial charge in [0.15, 0.2) is 9.84 Å². The van der Waals surface area contributed by atoms with Crippen molar-refractivity contribution >= 4 is 15.7 Å². The molecule has 0 aliphatic carbocycles. The summed E-state index contributed by atoms with van der Waals surface area (Å²) in [6.45, 7) is 2.18. The Hall–Kier alpha value is -0.620. The predicted molar refractivity (Wildman–Crippen MR) is 58.0 cm³/mol. The number of rotatable bonds is 4. The molecule has 0 spiro atoms. The van der Waals surface area contributed by atoms with Crippen LogP contribution in [0, 0.1) is 5.92 Å². The van der Waals surface area contributed by atoms with E-state index in [1.807, 2.05) is 0 Å². The highest BCUT2D eigenvalue weighted by Gasteiger charge is 2.24. The van der Waals surface area contributed by atoms with Gasteiger partial charge >= 0.3 is 0 Å². The van der Waals surface area contributed by atoms with E-state index in [4.69, 9.17) is 5.73 Å². The SMILES string of the molecule is CC(CNC1CCCS(=O)(=O)C1)C(N)=O. The summed E-state index contributed by atoms with van der Waals surface area (Å²) in [5, 5.41) is 3.08. The summed E-state index contributed by atoms with van der Waals surface area (Å²) < 4.78 is 22.6. The lowest BCUT2D eigenvalue weighted by Crippen LogP contribution is -2.43. The number of primary amides is 1. The van der Waals surface area contributed by atoms with Crippen molar-refractivity contribution in [1.29, 1.82) is 0 Å². The standard InChI is InChI=1S/C9H18N2O3S/c1-7(9(10)12)5-11-8-3-2-4-15(13,14)6-8/h7-8,11H,2-6H2,1H3,(H2,10,12). The Kier molecular flexibility index (Phi) is 4.10. The Labute approximate surface area is 90.3 Å². The summed E-state index contributed by atoms with van der Waals surface area (Å²) in [5.74, 6) is -0.148. The second kappa shape index (κ2) is 4.94. The number of nitrogens with two attached hydrogens (primary N) is 1. The molecule has 1 aliphatic heterocycles. The van der Waals surface area contributed by atoms with Gasteiger partial charge in [-0.05, 0) is 12.8 Å². The van der Waals surface area contributed by atoms with Gasteiger partial charge in [-0.25, -0.2) is 8.42 Å². The molecule has 3 N–H and O–H groups in total. The third-order valence-electron chi connectivity index (χ3n) is 2.66. The molecule has 6 heteroatoms. The number of carbonyl (C=O) groups excluding carboxylic acids is 1. The van der Waals surface area contributed by atoms with Crippen molar-refractivity contribution in [2.75, 3.05) is 18.1 Å². The second-order valence-corrected chi connectivity index (χ2v) is 6.39. The fourth-order valence-corrected chi connectivity index (χ4v) is 3.30. The van der Waals surface area contributed by atoms with Crippen LogP contribution in [0.25, 0.3) is 0 Å². The van der Waals surface area contributed by atoms with E-state index in [0.29, 0.717) is 13.0 Å². The second-order valence-electron chi connectivity index (χ2n) is 4.17. The minimum absolute atomic E-state index is 0.0226. The molecule has 1 saturated heterocycles. The number of hydrogen-bond donors (Lipinski definition) is 2. The first-order valence-corrected chi connectivity index (χ1v) is 6.96. The van der Waals surface area contributed by atoms with Crippen LogP contribution in [0.5, 0.6) is 0 Å². The van der Waals surface area contributed by atoms with Gasteiger partial charge in [0.25, 0.3) is 0 Å². The lowest BCUT2D eigenvalue weighted by molar-refractivity contribution is -0.121. The lowest BCUT2D eigenvalue weighted by Gasteiger charge is -2.24. The molecule has 0 saturated carbocycles. The predicted octanol–water partition coefficient (Wildman–Crippen LogP) is -0.725. The zero-order valence-corrected chi connectivity index (χ0v) is 9.72. The van der Waals surface area contributed by atoms with Gasteiger partial charge in [-0.1, -0.05) is 6.92 Å². The van der Waals surface area contributed by atoms with E-state index in [1.54, 1.807) is 6.92 Å². The zero-order chi connectivity index (χ0) is 11.5. The first-order chi connectivity index (χ1) is 6.91. The maximum atomic E-state index is 11.3. The van der Waals surface area contributed by atoms with Crippen molar-refractivity contribution in [3.8, 4) is 0 Å². The third kappa shape index (κ3) is 4.17. The van der Waals surface area contributed by atoms with Crippen molar-refractivity contribution < 1.29 is 13.2 Å². The topological polar surface area (TPSA) is 89.3 Å². The van der Waals surface area contributed by atoms with E-state index >= 15 is 0 Å². The van der Waals surface area contributed by atoms with Gasteiger partial charge in [0.05, 0.1) is 11.5 Å². The minimum Gasteiger partial charge on any atom is -0.369 e. The normalized spacial score (nSPS) is 27.1. The van der Waals surface area contributed by atoms with Crippen molar-refractivity contribution in [2.45, 2.75) is 25.8 Å². The monoisotopic (exact) mass is 234 g/mol. The van der Waals surface area contributed by atoms with Crippen LogP contribution in [0.15, 0.2) is 0 Å². The van der Waals surface area contributed by atoms with Crippen molar-refractivity contribution in [3.05, 3.63) is 0 Å². The maximum absolute atomic E-state index is 11.3. The van der Waals surface area contributed by atoms with Crippen LogP contribution in [0.1, 0.15) is 19.8 Å². The van der Waals surface area contributed by atoms with Crippen molar-refractivity contribution in [1.82, 2.24) is 5.32 Å². The third-order valence-corrected chi connectivity index (χ3v) is 4.48. The van der Waals surface area contributed by atoms with E-state index in [1.165, 1.54) is 0 Å². The highest BCUT2D eigenvalue weighted by atomic mass is 32.2. The molecular weight excluding hydrogens is 216 g/mol. The molecule has 0 aromatic carbocycles. The van der Waals surface area contributed by atoms with Crippen LogP contribution < -0.4 is 11.1 Å². The minimum atomic E-state index is -2.88. The van der Waals surface area contributed by atoms with Gasteiger partial charge in [0.1, 0.15) is 0 Å². The van der Waals surface area contributed by atoms with Crippen LogP contribution in [0.3, 0.4) is 0 Å². The van der Waals surface area contributed by atoms with E-state index in [-0.39, 0.29) is 29.4 Å². The molecule has 15 heavy (non-hydrogen) atoms. The van der Waals surface area contributed by atoms with Gasteiger partial charge in [-0.15, -0.1) is 0 Å². The summed E-state index contributed by atoms with van der Waals surface area (Å²) in [6.07, 6.45) is 1.55. The molecule has 0 aromatic heterocycles. The number of amides is 1. The summed E-state index contributed by atoms with van der Waals surface area (Å²) >= 11 is 0. The summed E-state index contributed by atoms with van der Waals surface area (Å²) in [5.41, 5.74) is 5.11. The van der Waals surface area contributed by atoms with E-state index < -0.39 is 9.84 Å². The van der Waals surface area contributed by atoms with Crippen LogP contribution >= 0.6 is 0 Å². The Balaban J connectivity index is 2.36. The molecule has 2 unspecified atom stereocenters. The largest absolute Gasteiger partial charge is 0.369 e. The first kappa shape index (κ1) is 12.4. The summed E-state index contributed by atoms with van der Waals surface area (Å²) in [4.78, 5) is 10.8. The van der Waals surface area contributed by atoms with Crippen LogP contribution in [-0.4, -0.2) is 38.4 Å². The first-order valence-electron chi connectivity index (χ1n) is 5.14. The number of carbonyl (C=O) groups is 1. The highest BCUT2D eigenvalue weighted by Crippen LogP contribution is 2.12. The van der Waals surface area contributed by atoms with Gasteiger partial charge in [0.2, 0.25) is 5.91 Å². The number of hydrogen-bond acceptors (Lipinski definition) is 4. The zero-order valence-electron chi connectivity index (χ0n) is 8.90. The maximum Gasteiger partial charge on any atom is 0.221 e. The number of sulfone groups is 1. The number of nitrogens with one attached hydrogen (secondary N) is 1. The Morgan fingerprint density at radius 1 is 1.60 bits per heavy atom. The fraction of sp³-hybridized carbons (Fsp3) is 0.889. The Morgan fingerprint density at radius 2 is 2.27 bits per heavy atom. The van der Waals surface area contributed by atoms with Gasteiger partial charge < -0.3 is 11.1 Å². The van der Waals surface area contributed by atoms with Crippen molar-refractivity contribution in [3.63, 3.8) is 0 Å². The molecule has 1 heterocycles. The van der Waals surface area contributed by atoms with Crippen LogP contribution in [0.2, 0.25) is 0 Å². The fourth-order valence-electron chi connectivity index (χ4n) is 1.63. The highest BCUT2D eigenvalue weighted by molar-refractivity contribution is 7.91. The van der Waals surface area contributed by atoms with Gasteiger partial charge in [-0.2, -0.15) is 0 Å². The van der Waals surface area contributed by atoms with Gasteiger partial charge in [-0.3, -0.25) is 4.79 Å². The molecule has 1 amide bonds. The molecule has 0 aromatic rings. The molecule has 1 fully saturated rings. The Morgan fingerprint density at radius 3 is 2.80 bits per heavy atom. The average molecular weight is 234 g/mol. The molecule has 88 valence electrons. The molecule has 2 atom stereocenters. The van der Waals surface area contributed by atoms with Crippen LogP contribution in [0.4, 0.5) is 0 Å². The van der Waals surface area contributed by atoms with E-state index in [0.717, 1.165) is 6.42 Å². The molecule has 5 nitrogen and oxygen atoms in total. The summed E-state index contributed by atoms with van der Waals surface area (Å²) in [7, 11) is -2.88. The van der Waals surface area contributed by atoms with Gasteiger partial charge in [0, 0.05) is 18.5 Å². The smallest absolute Gasteiger partial charge is 0.221 e. The molecule has 1 aliphatic rings. The molecule has 0 bridgehead atoms. The lowest BCUT2D eigenvalue weighted by atomic mass is 10.1. The summed E-state index contributed by atoms with van der Waals surface area (Å²) in [6, 6.07) is -0.0226.